The molecular weight excluding hydrogens is 466 g/mol. The first-order chi connectivity index (χ1) is 17.1. The third kappa shape index (κ3) is 6.51. The molecular formula is C27H32ClN3O4. The maximum Gasteiger partial charge on any atom is 0.121 e. The van der Waals surface area contributed by atoms with Gasteiger partial charge in [-0.05, 0) is 23.8 Å². The van der Waals surface area contributed by atoms with Crippen molar-refractivity contribution in [2.75, 3.05) is 51.4 Å². The number of anilines is 1. The molecule has 186 valence electrons. The van der Waals surface area contributed by atoms with Gasteiger partial charge in [0, 0.05) is 51.1 Å². The van der Waals surface area contributed by atoms with E-state index in [2.05, 4.69) is 26.9 Å². The van der Waals surface area contributed by atoms with Crippen LogP contribution in [0.4, 0.5) is 5.69 Å². The molecule has 2 aromatic carbocycles. The summed E-state index contributed by atoms with van der Waals surface area (Å²) >= 11 is 6.72. The Morgan fingerprint density at radius 2 is 1.91 bits per heavy atom. The number of piperazine rings is 1. The van der Waals surface area contributed by atoms with Crippen molar-refractivity contribution in [3.63, 3.8) is 0 Å². The van der Waals surface area contributed by atoms with Crippen molar-refractivity contribution in [2.45, 2.75) is 18.8 Å². The molecule has 2 N–H and O–H groups in total. The quantitative estimate of drug-likeness (QED) is 0.412. The van der Waals surface area contributed by atoms with Crippen LogP contribution in [-0.2, 0) is 11.3 Å². The first-order valence-electron chi connectivity index (χ1n) is 11.8. The van der Waals surface area contributed by atoms with Gasteiger partial charge in [-0.15, -0.1) is 0 Å². The molecule has 8 heteroatoms. The summed E-state index contributed by atoms with van der Waals surface area (Å²) in [6.07, 6.45) is 0.974. The highest BCUT2D eigenvalue weighted by molar-refractivity contribution is 6.33. The molecule has 3 aromatic rings. The lowest BCUT2D eigenvalue weighted by molar-refractivity contribution is 0.100. The fourth-order valence-corrected chi connectivity index (χ4v) is 4.66. The summed E-state index contributed by atoms with van der Waals surface area (Å²) in [5, 5.41) is 20.7. The van der Waals surface area contributed by atoms with Crippen LogP contribution in [0.5, 0.6) is 5.75 Å². The summed E-state index contributed by atoms with van der Waals surface area (Å²) in [5.74, 6) is 0.717. The fraction of sp³-hybridized carbons (Fsp3) is 0.370. The number of aliphatic hydroxyl groups is 2. The molecule has 7 nitrogen and oxygen atoms in total. The first kappa shape index (κ1) is 25.4. The Kier molecular flexibility index (Phi) is 8.95. The Morgan fingerprint density at radius 3 is 2.60 bits per heavy atom. The molecule has 2 atom stereocenters. The van der Waals surface area contributed by atoms with Gasteiger partial charge < -0.3 is 24.6 Å². The lowest BCUT2D eigenvalue weighted by Gasteiger charge is -2.44. The fourth-order valence-electron chi connectivity index (χ4n) is 4.38. The average Bonchev–Trinajstić information content (AvgIpc) is 2.90. The zero-order chi connectivity index (χ0) is 24.6. The smallest absolute Gasteiger partial charge is 0.121 e. The molecule has 0 amide bonds. The van der Waals surface area contributed by atoms with Crippen molar-refractivity contribution in [1.82, 2.24) is 9.88 Å². The molecule has 0 bridgehead atoms. The summed E-state index contributed by atoms with van der Waals surface area (Å²) < 4.78 is 10.8. The van der Waals surface area contributed by atoms with Gasteiger partial charge in [0.2, 0.25) is 0 Å². The normalized spacial score (nSPS) is 17.4. The Morgan fingerprint density at radius 1 is 1.09 bits per heavy atom. The van der Waals surface area contributed by atoms with Crippen molar-refractivity contribution in [3.05, 3.63) is 88.7 Å². The number of hydrogen-bond acceptors (Lipinski definition) is 7. The second-order valence-corrected chi connectivity index (χ2v) is 9.00. The summed E-state index contributed by atoms with van der Waals surface area (Å²) in [6, 6.07) is 19.8. The lowest BCUT2D eigenvalue weighted by Crippen LogP contribution is -2.49. The molecule has 1 aliphatic heterocycles. The summed E-state index contributed by atoms with van der Waals surface area (Å²) in [6.45, 7) is 3.66. The van der Waals surface area contributed by atoms with E-state index in [4.69, 9.17) is 21.1 Å². The second kappa shape index (κ2) is 12.3. The SMILES string of the molecule is COCCOc1ccc(N2CCN(C[C@@H](O)c3ccc(CO)nc3)C[C@H]2c2ccccc2)c(Cl)c1. The van der Waals surface area contributed by atoms with Crippen molar-refractivity contribution in [3.8, 4) is 5.75 Å². The predicted molar refractivity (Wildman–Crippen MR) is 137 cm³/mol. The van der Waals surface area contributed by atoms with Crippen molar-refractivity contribution < 1.29 is 19.7 Å². The van der Waals surface area contributed by atoms with Gasteiger partial charge in [-0.1, -0.05) is 48.0 Å². The second-order valence-electron chi connectivity index (χ2n) is 8.59. The Balaban J connectivity index is 1.50. The molecule has 0 aliphatic carbocycles. The lowest BCUT2D eigenvalue weighted by atomic mass is 10.0. The number of β-amino-alcohol motifs (C(OH)–C–C–N with tert-alkyl or cyclic N) is 1. The molecule has 1 fully saturated rings. The molecule has 0 saturated carbocycles. The van der Waals surface area contributed by atoms with E-state index in [9.17, 15) is 10.2 Å². The van der Waals surface area contributed by atoms with Crippen LogP contribution in [0.2, 0.25) is 5.02 Å². The van der Waals surface area contributed by atoms with Crippen LogP contribution in [-0.4, -0.2) is 66.6 Å². The maximum absolute atomic E-state index is 10.8. The molecule has 1 saturated heterocycles. The molecule has 0 radical (unpaired) electrons. The Labute approximate surface area is 211 Å². The zero-order valence-corrected chi connectivity index (χ0v) is 20.6. The van der Waals surface area contributed by atoms with Crippen LogP contribution in [0.25, 0.3) is 0 Å². The van der Waals surface area contributed by atoms with Crippen LogP contribution in [0, 0.1) is 0 Å². The number of nitrogens with zero attached hydrogens (tertiary/aromatic N) is 3. The van der Waals surface area contributed by atoms with E-state index in [0.29, 0.717) is 30.5 Å². The van der Waals surface area contributed by atoms with Crippen molar-refractivity contribution >= 4 is 17.3 Å². The van der Waals surface area contributed by atoms with Gasteiger partial charge >= 0.3 is 0 Å². The van der Waals surface area contributed by atoms with E-state index < -0.39 is 6.10 Å². The number of benzene rings is 2. The monoisotopic (exact) mass is 497 g/mol. The predicted octanol–water partition coefficient (Wildman–Crippen LogP) is 3.85. The number of hydrogen-bond donors (Lipinski definition) is 2. The average molecular weight is 498 g/mol. The summed E-state index contributed by atoms with van der Waals surface area (Å²) in [4.78, 5) is 8.80. The van der Waals surface area contributed by atoms with E-state index in [1.54, 1.807) is 19.4 Å². The molecule has 2 heterocycles. The highest BCUT2D eigenvalue weighted by Crippen LogP contribution is 2.37. The van der Waals surface area contributed by atoms with Crippen LogP contribution in [0.1, 0.15) is 29.0 Å². The van der Waals surface area contributed by atoms with E-state index in [0.717, 1.165) is 36.6 Å². The summed E-state index contributed by atoms with van der Waals surface area (Å²) in [7, 11) is 1.64. The number of methoxy groups -OCH3 is 1. The largest absolute Gasteiger partial charge is 0.491 e. The number of ether oxygens (including phenoxy) is 2. The van der Waals surface area contributed by atoms with Gasteiger partial charge in [-0.3, -0.25) is 9.88 Å². The van der Waals surface area contributed by atoms with Crippen LogP contribution in [0.3, 0.4) is 0 Å². The van der Waals surface area contributed by atoms with E-state index in [1.807, 2.05) is 42.5 Å². The molecule has 35 heavy (non-hydrogen) atoms. The number of pyridine rings is 1. The van der Waals surface area contributed by atoms with Gasteiger partial charge in [-0.2, -0.15) is 0 Å². The molecule has 4 rings (SSSR count). The maximum atomic E-state index is 10.8. The molecule has 1 aromatic heterocycles. The number of aliphatic hydroxyl groups excluding tert-OH is 2. The van der Waals surface area contributed by atoms with E-state index in [-0.39, 0.29) is 12.6 Å². The highest BCUT2D eigenvalue weighted by atomic mass is 35.5. The van der Waals surface area contributed by atoms with Crippen LogP contribution in [0.15, 0.2) is 66.9 Å². The molecule has 0 spiro atoms. The minimum atomic E-state index is -0.662. The molecule has 0 unspecified atom stereocenters. The molecule has 1 aliphatic rings. The minimum absolute atomic E-state index is 0.0739. The van der Waals surface area contributed by atoms with Gasteiger partial charge in [0.15, 0.2) is 0 Å². The topological polar surface area (TPSA) is 78.3 Å². The van der Waals surface area contributed by atoms with Crippen LogP contribution >= 0.6 is 11.6 Å². The Bertz CT molecular complexity index is 1070. The van der Waals surface area contributed by atoms with Gasteiger partial charge in [-0.25, -0.2) is 0 Å². The Hall–Kier alpha value is -2.68. The van der Waals surface area contributed by atoms with E-state index >= 15 is 0 Å². The highest BCUT2D eigenvalue weighted by Gasteiger charge is 2.30. The number of rotatable bonds is 10. The standard InChI is InChI=1S/C27H32ClN3O4/c1-34-13-14-35-23-9-10-25(24(28)15-23)31-12-11-30(17-26(31)20-5-3-2-4-6-20)18-27(33)21-7-8-22(19-32)29-16-21/h2-10,15-16,26-27,32-33H,11-14,17-19H2,1H3/t26-,27+/m0/s1. The van der Waals surface area contributed by atoms with Crippen LogP contribution < -0.4 is 9.64 Å². The first-order valence-corrected chi connectivity index (χ1v) is 12.2. The van der Waals surface area contributed by atoms with Gasteiger partial charge in [0.25, 0.3) is 0 Å². The van der Waals surface area contributed by atoms with Gasteiger partial charge in [0.05, 0.1) is 41.8 Å². The van der Waals surface area contributed by atoms with Gasteiger partial charge in [0.1, 0.15) is 12.4 Å². The third-order valence-corrected chi connectivity index (χ3v) is 6.56. The van der Waals surface area contributed by atoms with Crippen molar-refractivity contribution in [2.24, 2.45) is 0 Å². The summed E-state index contributed by atoms with van der Waals surface area (Å²) in [5.41, 5.74) is 3.49. The number of aromatic nitrogens is 1. The minimum Gasteiger partial charge on any atom is -0.491 e. The number of halogens is 1. The third-order valence-electron chi connectivity index (χ3n) is 6.26. The van der Waals surface area contributed by atoms with E-state index in [1.165, 1.54) is 5.56 Å². The van der Waals surface area contributed by atoms with Crippen molar-refractivity contribution in [1.29, 1.82) is 0 Å². The zero-order valence-electron chi connectivity index (χ0n) is 19.9.